The van der Waals surface area contributed by atoms with Crippen molar-refractivity contribution in [3.05, 3.63) is 71.8 Å². The summed E-state index contributed by atoms with van der Waals surface area (Å²) < 4.78 is 51.5. The van der Waals surface area contributed by atoms with Gasteiger partial charge in [0.15, 0.2) is 24.6 Å². The van der Waals surface area contributed by atoms with E-state index >= 15 is 0 Å². The molecule has 0 aliphatic carbocycles. The molecule has 0 unspecified atom stereocenters. The van der Waals surface area contributed by atoms with E-state index in [0.29, 0.717) is 0 Å². The topological polar surface area (TPSA) is 146 Å². The molecule has 10 nitrogen and oxygen atoms in total. The molecule has 160 valence electrons. The molecule has 2 aromatic rings. The van der Waals surface area contributed by atoms with Crippen molar-refractivity contribution in [2.24, 2.45) is 0 Å². The minimum atomic E-state index is -5.07. The van der Waals surface area contributed by atoms with E-state index in [9.17, 15) is 23.1 Å². The Bertz CT molecular complexity index is 977. The highest BCUT2D eigenvalue weighted by Gasteiger charge is 2.47. The summed E-state index contributed by atoms with van der Waals surface area (Å²) in [6.07, 6.45) is -6.70. The standard InChI is InChI=1S/C19H18O10S/c20-17(12-7-3-1-4-8-12)27-14-11-26-19(22)16(29-30(23,24)25)15(14)28-18(21)13-9-5-2-6-10-13/h1-10,14-16,19,22H,11H2,(H,23,24,25)/t14-,15+,16-,19-/m1/s1. The average molecular weight is 438 g/mol. The van der Waals surface area contributed by atoms with Gasteiger partial charge in [-0.25, -0.2) is 13.8 Å². The first kappa shape index (κ1) is 21.9. The van der Waals surface area contributed by atoms with Crippen LogP contribution in [-0.2, 0) is 28.8 Å². The van der Waals surface area contributed by atoms with Crippen LogP contribution in [-0.4, -0.2) is 61.2 Å². The van der Waals surface area contributed by atoms with E-state index in [1.807, 2.05) is 0 Å². The third kappa shape index (κ3) is 5.62. The van der Waals surface area contributed by atoms with Crippen LogP contribution in [0.25, 0.3) is 0 Å². The number of hydrogen-bond donors (Lipinski definition) is 2. The number of carbonyl (C=O) groups excluding carboxylic acids is 2. The summed E-state index contributed by atoms with van der Waals surface area (Å²) in [6.45, 7) is -0.419. The SMILES string of the molecule is O=C(O[C@@H]1[C@@H](OS(=O)(=O)O)[C@H](O)OC[C@H]1OC(=O)c1ccccc1)c1ccccc1. The number of rotatable bonds is 6. The summed E-state index contributed by atoms with van der Waals surface area (Å²) in [5, 5.41) is 10.0. The van der Waals surface area contributed by atoms with Crippen LogP contribution in [0.2, 0.25) is 0 Å². The lowest BCUT2D eigenvalue weighted by atomic mass is 10.0. The molecule has 0 saturated carbocycles. The molecule has 0 spiro atoms. The zero-order valence-corrected chi connectivity index (χ0v) is 16.2. The Morgan fingerprint density at radius 2 is 1.37 bits per heavy atom. The summed E-state index contributed by atoms with van der Waals surface area (Å²) >= 11 is 0. The third-order valence-corrected chi connectivity index (χ3v) is 4.62. The highest BCUT2D eigenvalue weighted by Crippen LogP contribution is 2.25. The molecule has 0 aromatic heterocycles. The maximum Gasteiger partial charge on any atom is 0.397 e. The van der Waals surface area contributed by atoms with Gasteiger partial charge in [0.25, 0.3) is 0 Å². The first-order valence-corrected chi connectivity index (χ1v) is 10.1. The Morgan fingerprint density at radius 1 is 0.867 bits per heavy atom. The molecular weight excluding hydrogens is 420 g/mol. The smallest absolute Gasteiger partial charge is 0.397 e. The summed E-state index contributed by atoms with van der Waals surface area (Å²) in [6, 6.07) is 15.6. The third-order valence-electron chi connectivity index (χ3n) is 4.16. The van der Waals surface area contributed by atoms with Gasteiger partial charge in [0.1, 0.15) is 0 Å². The van der Waals surface area contributed by atoms with Gasteiger partial charge < -0.3 is 19.3 Å². The number of hydrogen-bond acceptors (Lipinski definition) is 9. The fourth-order valence-electron chi connectivity index (χ4n) is 2.79. The van der Waals surface area contributed by atoms with Gasteiger partial charge in [-0.15, -0.1) is 0 Å². The molecule has 2 N–H and O–H groups in total. The lowest BCUT2D eigenvalue weighted by Gasteiger charge is -2.38. The highest BCUT2D eigenvalue weighted by molar-refractivity contribution is 7.80. The fourth-order valence-corrected chi connectivity index (χ4v) is 3.27. The molecule has 11 heteroatoms. The van der Waals surface area contributed by atoms with Crippen molar-refractivity contribution < 1.29 is 46.1 Å². The lowest BCUT2D eigenvalue weighted by Crippen LogP contribution is -2.57. The predicted molar refractivity (Wildman–Crippen MR) is 99.7 cm³/mol. The Labute approximate surface area is 171 Å². The Kier molecular flexibility index (Phi) is 6.80. The predicted octanol–water partition coefficient (Wildman–Crippen LogP) is 0.974. The molecule has 1 aliphatic rings. The van der Waals surface area contributed by atoms with E-state index < -0.39 is 53.5 Å². The normalized spacial score (nSPS) is 24.1. The summed E-state index contributed by atoms with van der Waals surface area (Å²) in [5.74, 6) is -1.69. The van der Waals surface area contributed by atoms with Crippen LogP contribution in [0.3, 0.4) is 0 Å². The quantitative estimate of drug-likeness (QED) is 0.494. The molecule has 1 heterocycles. The molecule has 30 heavy (non-hydrogen) atoms. The van der Waals surface area contributed by atoms with Gasteiger partial charge in [-0.2, -0.15) is 8.42 Å². The minimum absolute atomic E-state index is 0.122. The van der Waals surface area contributed by atoms with Crippen molar-refractivity contribution in [1.82, 2.24) is 0 Å². The van der Waals surface area contributed by atoms with E-state index in [1.165, 1.54) is 24.3 Å². The number of esters is 2. The molecular formula is C19H18O10S. The molecule has 3 rings (SSSR count). The lowest BCUT2D eigenvalue weighted by molar-refractivity contribution is -0.244. The zero-order valence-electron chi connectivity index (χ0n) is 15.4. The fraction of sp³-hybridized carbons (Fsp3) is 0.263. The van der Waals surface area contributed by atoms with Gasteiger partial charge >= 0.3 is 22.3 Å². The number of aliphatic hydroxyl groups excluding tert-OH is 1. The van der Waals surface area contributed by atoms with Gasteiger partial charge in [0.2, 0.25) is 0 Å². The highest BCUT2D eigenvalue weighted by atomic mass is 32.3. The summed E-state index contributed by atoms with van der Waals surface area (Å²) in [4.78, 5) is 24.9. The number of carbonyl (C=O) groups is 2. The van der Waals surface area contributed by atoms with Crippen LogP contribution >= 0.6 is 0 Å². The number of ether oxygens (including phenoxy) is 3. The summed E-state index contributed by atoms with van der Waals surface area (Å²) in [5.41, 5.74) is 0.307. The van der Waals surface area contributed by atoms with Crippen LogP contribution < -0.4 is 0 Å². The molecule has 4 atom stereocenters. The van der Waals surface area contributed by atoms with E-state index in [-0.39, 0.29) is 11.1 Å². The number of aliphatic hydroxyl groups is 1. The molecule has 1 fully saturated rings. The molecule has 0 bridgehead atoms. The second kappa shape index (κ2) is 9.32. The maximum absolute atomic E-state index is 12.5. The van der Waals surface area contributed by atoms with Crippen LogP contribution in [0.1, 0.15) is 20.7 Å². The maximum atomic E-state index is 12.5. The molecule has 2 aromatic carbocycles. The molecule has 0 amide bonds. The van der Waals surface area contributed by atoms with Crippen molar-refractivity contribution >= 4 is 22.3 Å². The first-order valence-electron chi connectivity index (χ1n) is 8.72. The van der Waals surface area contributed by atoms with E-state index in [1.54, 1.807) is 36.4 Å². The van der Waals surface area contributed by atoms with E-state index in [4.69, 9.17) is 18.8 Å². The van der Waals surface area contributed by atoms with Crippen LogP contribution in [0.4, 0.5) is 0 Å². The Morgan fingerprint density at radius 3 is 1.87 bits per heavy atom. The second-order valence-corrected chi connectivity index (χ2v) is 7.31. The molecule has 1 aliphatic heterocycles. The second-order valence-electron chi connectivity index (χ2n) is 6.26. The zero-order chi connectivity index (χ0) is 21.7. The van der Waals surface area contributed by atoms with Gasteiger partial charge in [0.05, 0.1) is 17.7 Å². The largest absolute Gasteiger partial charge is 0.452 e. The Balaban J connectivity index is 1.86. The van der Waals surface area contributed by atoms with Crippen molar-refractivity contribution in [2.45, 2.75) is 24.6 Å². The van der Waals surface area contributed by atoms with Crippen molar-refractivity contribution in [3.8, 4) is 0 Å². The molecule has 1 saturated heterocycles. The van der Waals surface area contributed by atoms with Gasteiger partial charge in [0, 0.05) is 0 Å². The van der Waals surface area contributed by atoms with Crippen LogP contribution in [0.5, 0.6) is 0 Å². The number of benzene rings is 2. The van der Waals surface area contributed by atoms with Gasteiger partial charge in [-0.1, -0.05) is 36.4 Å². The van der Waals surface area contributed by atoms with Crippen molar-refractivity contribution in [3.63, 3.8) is 0 Å². The summed E-state index contributed by atoms with van der Waals surface area (Å²) in [7, 11) is -5.07. The average Bonchev–Trinajstić information content (AvgIpc) is 2.73. The van der Waals surface area contributed by atoms with Crippen molar-refractivity contribution in [2.75, 3.05) is 6.61 Å². The van der Waals surface area contributed by atoms with Crippen LogP contribution in [0.15, 0.2) is 60.7 Å². The van der Waals surface area contributed by atoms with Gasteiger partial charge in [-0.05, 0) is 24.3 Å². The first-order chi connectivity index (χ1) is 14.2. The minimum Gasteiger partial charge on any atom is -0.452 e. The Hall–Kier alpha value is -2.83. The van der Waals surface area contributed by atoms with Gasteiger partial charge in [-0.3, -0.25) is 4.55 Å². The van der Waals surface area contributed by atoms with E-state index in [0.717, 1.165) is 0 Å². The van der Waals surface area contributed by atoms with E-state index in [2.05, 4.69) is 4.18 Å². The molecule has 0 radical (unpaired) electrons. The monoisotopic (exact) mass is 438 g/mol. The van der Waals surface area contributed by atoms with Crippen LogP contribution in [0, 0.1) is 0 Å². The van der Waals surface area contributed by atoms with Crippen molar-refractivity contribution in [1.29, 1.82) is 0 Å².